The lowest BCUT2D eigenvalue weighted by atomic mass is 9.89. The molecule has 0 unspecified atom stereocenters. The fraction of sp³-hybridized carbons (Fsp3) is 0.526. The summed E-state index contributed by atoms with van der Waals surface area (Å²) < 4.78 is 18.8. The Hall–Kier alpha value is -2.28. The zero-order valence-electron chi connectivity index (χ0n) is 15.2. The van der Waals surface area contributed by atoms with Gasteiger partial charge in [0.15, 0.2) is 5.82 Å². The number of amides is 1. The van der Waals surface area contributed by atoms with Crippen LogP contribution in [-0.4, -0.2) is 35.0 Å². The Morgan fingerprint density at radius 2 is 2.12 bits per heavy atom. The number of benzene rings is 1. The van der Waals surface area contributed by atoms with Crippen molar-refractivity contribution in [2.75, 3.05) is 14.1 Å². The molecule has 140 valence electrons. The highest BCUT2D eigenvalue weighted by atomic mass is 19.1. The standard InChI is InChI=1S/C19H25FN4O2/c1-24(2)17(14-9-6-10-15(20)11-14)19(25)21-12-16-22-18(23-26-16)13-7-4-3-5-8-13/h6,9-11,13,17H,3-5,7-8,12H2,1-2H3,(H,21,25)/t17-/m1/s1. The fourth-order valence-electron chi connectivity index (χ4n) is 3.49. The second kappa shape index (κ2) is 8.40. The molecule has 3 rings (SSSR count). The zero-order chi connectivity index (χ0) is 18.5. The number of nitrogens with one attached hydrogen (secondary N) is 1. The number of halogens is 1. The third kappa shape index (κ3) is 4.46. The van der Waals surface area contributed by atoms with Gasteiger partial charge in [0.1, 0.15) is 11.9 Å². The molecule has 1 saturated carbocycles. The van der Waals surface area contributed by atoms with Crippen LogP contribution in [0.4, 0.5) is 4.39 Å². The minimum absolute atomic E-state index is 0.165. The molecule has 0 radical (unpaired) electrons. The van der Waals surface area contributed by atoms with Crippen molar-refractivity contribution in [2.24, 2.45) is 0 Å². The van der Waals surface area contributed by atoms with Crippen LogP contribution in [0, 0.1) is 5.82 Å². The van der Waals surface area contributed by atoms with Gasteiger partial charge in [-0.25, -0.2) is 4.39 Å². The zero-order valence-corrected chi connectivity index (χ0v) is 15.2. The third-order valence-electron chi connectivity index (χ3n) is 4.80. The van der Waals surface area contributed by atoms with E-state index in [1.54, 1.807) is 31.1 Å². The van der Waals surface area contributed by atoms with E-state index in [4.69, 9.17) is 4.52 Å². The van der Waals surface area contributed by atoms with Crippen LogP contribution < -0.4 is 5.32 Å². The van der Waals surface area contributed by atoms with Crippen molar-refractivity contribution >= 4 is 5.91 Å². The lowest BCUT2D eigenvalue weighted by Crippen LogP contribution is -2.36. The Balaban J connectivity index is 1.62. The molecule has 1 aromatic heterocycles. The predicted octanol–water partition coefficient (Wildman–Crippen LogP) is 3.18. The predicted molar refractivity (Wildman–Crippen MR) is 94.8 cm³/mol. The van der Waals surface area contributed by atoms with Crippen molar-refractivity contribution in [3.63, 3.8) is 0 Å². The Morgan fingerprint density at radius 1 is 1.35 bits per heavy atom. The van der Waals surface area contributed by atoms with Gasteiger partial charge in [-0.15, -0.1) is 0 Å². The van der Waals surface area contributed by atoms with Crippen LogP contribution in [0.2, 0.25) is 0 Å². The molecule has 2 aromatic rings. The van der Waals surface area contributed by atoms with Gasteiger partial charge in [0.05, 0.1) is 6.54 Å². The highest BCUT2D eigenvalue weighted by Gasteiger charge is 2.25. The molecule has 6 nitrogen and oxygen atoms in total. The minimum atomic E-state index is -0.591. The van der Waals surface area contributed by atoms with Crippen molar-refractivity contribution in [3.8, 4) is 0 Å². The van der Waals surface area contributed by atoms with Gasteiger partial charge in [-0.1, -0.05) is 36.6 Å². The number of nitrogens with zero attached hydrogens (tertiary/aromatic N) is 3. The second-order valence-electron chi connectivity index (χ2n) is 7.02. The first-order valence-corrected chi connectivity index (χ1v) is 9.06. The maximum absolute atomic E-state index is 13.5. The molecule has 1 aliphatic carbocycles. The SMILES string of the molecule is CN(C)[C@@H](C(=O)NCc1nc(C2CCCCC2)no1)c1cccc(F)c1. The Kier molecular flexibility index (Phi) is 5.98. The molecule has 1 atom stereocenters. The van der Waals surface area contributed by atoms with Crippen LogP contribution in [0.1, 0.15) is 61.3 Å². The van der Waals surface area contributed by atoms with Gasteiger partial charge < -0.3 is 9.84 Å². The number of carbonyl (C=O) groups excluding carboxylic acids is 1. The summed E-state index contributed by atoms with van der Waals surface area (Å²) in [6.07, 6.45) is 5.84. The highest BCUT2D eigenvalue weighted by Crippen LogP contribution is 2.30. The minimum Gasteiger partial charge on any atom is -0.345 e. The van der Waals surface area contributed by atoms with Crippen LogP contribution in [0.25, 0.3) is 0 Å². The molecule has 26 heavy (non-hydrogen) atoms. The smallest absolute Gasteiger partial charge is 0.246 e. The topological polar surface area (TPSA) is 71.3 Å². The Labute approximate surface area is 152 Å². The fourth-order valence-corrected chi connectivity index (χ4v) is 3.49. The lowest BCUT2D eigenvalue weighted by molar-refractivity contribution is -0.126. The number of hydrogen-bond donors (Lipinski definition) is 1. The maximum atomic E-state index is 13.5. The summed E-state index contributed by atoms with van der Waals surface area (Å²) in [6, 6.07) is 5.48. The number of carbonyl (C=O) groups is 1. The molecular weight excluding hydrogens is 335 g/mol. The van der Waals surface area contributed by atoms with Crippen LogP contribution in [0.15, 0.2) is 28.8 Å². The van der Waals surface area contributed by atoms with E-state index in [0.29, 0.717) is 17.4 Å². The third-order valence-corrected chi connectivity index (χ3v) is 4.80. The van der Waals surface area contributed by atoms with Crippen molar-refractivity contribution in [1.82, 2.24) is 20.4 Å². The van der Waals surface area contributed by atoms with Crippen molar-refractivity contribution in [2.45, 2.75) is 50.6 Å². The summed E-state index contributed by atoms with van der Waals surface area (Å²) in [6.45, 7) is 0.165. The van der Waals surface area contributed by atoms with Gasteiger partial charge >= 0.3 is 0 Å². The van der Waals surface area contributed by atoms with Crippen LogP contribution >= 0.6 is 0 Å². The average Bonchev–Trinajstić information content (AvgIpc) is 3.10. The Bertz CT molecular complexity index is 741. The largest absolute Gasteiger partial charge is 0.345 e. The Morgan fingerprint density at radius 3 is 2.81 bits per heavy atom. The normalized spacial score (nSPS) is 16.6. The van der Waals surface area contributed by atoms with Crippen LogP contribution in [0.5, 0.6) is 0 Å². The molecule has 1 N–H and O–H groups in total. The first kappa shape index (κ1) is 18.5. The van der Waals surface area contributed by atoms with Crippen LogP contribution in [-0.2, 0) is 11.3 Å². The van der Waals surface area contributed by atoms with Crippen molar-refractivity contribution in [3.05, 3.63) is 47.4 Å². The summed E-state index contributed by atoms with van der Waals surface area (Å²) in [7, 11) is 3.56. The highest BCUT2D eigenvalue weighted by molar-refractivity contribution is 5.83. The monoisotopic (exact) mass is 360 g/mol. The van der Waals surface area contributed by atoms with E-state index >= 15 is 0 Å². The number of hydrogen-bond acceptors (Lipinski definition) is 5. The van der Waals surface area contributed by atoms with E-state index in [2.05, 4.69) is 15.5 Å². The molecule has 0 spiro atoms. The molecule has 0 aliphatic heterocycles. The summed E-state index contributed by atoms with van der Waals surface area (Å²) in [5, 5.41) is 6.89. The van der Waals surface area contributed by atoms with Crippen molar-refractivity contribution in [1.29, 1.82) is 0 Å². The molecule has 0 bridgehead atoms. The van der Waals surface area contributed by atoms with Gasteiger partial charge in [-0.3, -0.25) is 9.69 Å². The molecule has 0 saturated heterocycles. The van der Waals surface area contributed by atoms with E-state index < -0.39 is 6.04 Å². The van der Waals surface area contributed by atoms with E-state index in [-0.39, 0.29) is 18.3 Å². The van der Waals surface area contributed by atoms with Gasteiger partial charge in [0.25, 0.3) is 0 Å². The molecular formula is C19H25FN4O2. The number of aromatic nitrogens is 2. The maximum Gasteiger partial charge on any atom is 0.246 e. The van der Waals surface area contributed by atoms with E-state index in [9.17, 15) is 9.18 Å². The number of rotatable bonds is 6. The first-order valence-electron chi connectivity index (χ1n) is 9.06. The summed E-state index contributed by atoms with van der Waals surface area (Å²) in [5.41, 5.74) is 0.598. The first-order chi connectivity index (χ1) is 12.5. The molecule has 1 aromatic carbocycles. The van der Waals surface area contributed by atoms with Crippen LogP contribution in [0.3, 0.4) is 0 Å². The van der Waals surface area contributed by atoms with Gasteiger partial charge in [-0.2, -0.15) is 4.98 Å². The van der Waals surface area contributed by atoms with Gasteiger partial charge in [0.2, 0.25) is 11.8 Å². The van der Waals surface area contributed by atoms with Crippen molar-refractivity contribution < 1.29 is 13.7 Å². The second-order valence-corrected chi connectivity index (χ2v) is 7.02. The molecule has 1 amide bonds. The van der Waals surface area contributed by atoms with E-state index in [1.165, 1.54) is 31.4 Å². The van der Waals surface area contributed by atoms with E-state index in [0.717, 1.165) is 18.7 Å². The molecule has 1 heterocycles. The summed E-state index contributed by atoms with van der Waals surface area (Å²) >= 11 is 0. The summed E-state index contributed by atoms with van der Waals surface area (Å²) in [4.78, 5) is 18.8. The molecule has 1 fully saturated rings. The molecule has 1 aliphatic rings. The quantitative estimate of drug-likeness (QED) is 0.857. The van der Waals surface area contributed by atoms with Gasteiger partial charge in [0, 0.05) is 5.92 Å². The summed E-state index contributed by atoms with van der Waals surface area (Å²) in [5.74, 6) is 0.895. The number of likely N-dealkylation sites (N-methyl/N-ethyl adjacent to an activating group) is 1. The lowest BCUT2D eigenvalue weighted by Gasteiger charge is -2.23. The van der Waals surface area contributed by atoms with E-state index in [1.807, 2.05) is 0 Å². The van der Waals surface area contributed by atoms with Gasteiger partial charge in [-0.05, 0) is 44.6 Å². The average molecular weight is 360 g/mol. The molecule has 7 heteroatoms.